The molecule has 0 bridgehead atoms. The van der Waals surface area contributed by atoms with Crippen LogP contribution in [0.5, 0.6) is 5.88 Å². The van der Waals surface area contributed by atoms with Crippen molar-refractivity contribution in [3.8, 4) is 5.88 Å². The maximum absolute atomic E-state index is 6.23. The van der Waals surface area contributed by atoms with Crippen molar-refractivity contribution < 1.29 is 14.2 Å². The Morgan fingerprint density at radius 1 is 1.39 bits per heavy atom. The molecule has 0 amide bonds. The molecule has 23 heavy (non-hydrogen) atoms. The van der Waals surface area contributed by atoms with E-state index in [1.807, 2.05) is 14.0 Å². The van der Waals surface area contributed by atoms with Gasteiger partial charge in [-0.25, -0.2) is 4.68 Å². The summed E-state index contributed by atoms with van der Waals surface area (Å²) in [4.78, 5) is 0. The van der Waals surface area contributed by atoms with Gasteiger partial charge in [-0.05, 0) is 25.7 Å². The first kappa shape index (κ1) is 16.7. The highest BCUT2D eigenvalue weighted by Crippen LogP contribution is 2.39. The Morgan fingerprint density at radius 3 is 2.83 bits per heavy atom. The summed E-state index contributed by atoms with van der Waals surface area (Å²) in [6, 6.07) is 0. The summed E-state index contributed by atoms with van der Waals surface area (Å²) in [7, 11) is 3.58. The van der Waals surface area contributed by atoms with Crippen molar-refractivity contribution in [3.63, 3.8) is 0 Å². The van der Waals surface area contributed by atoms with E-state index in [4.69, 9.17) is 14.2 Å². The van der Waals surface area contributed by atoms with E-state index in [0.717, 1.165) is 49.0 Å². The van der Waals surface area contributed by atoms with Crippen molar-refractivity contribution in [2.45, 2.75) is 58.0 Å². The zero-order valence-electron chi connectivity index (χ0n) is 14.7. The van der Waals surface area contributed by atoms with Crippen molar-refractivity contribution in [1.82, 2.24) is 15.1 Å². The van der Waals surface area contributed by atoms with Gasteiger partial charge < -0.3 is 19.5 Å². The molecule has 3 rings (SSSR count). The van der Waals surface area contributed by atoms with Crippen LogP contribution < -0.4 is 10.1 Å². The number of methoxy groups -OCH3 is 1. The Hall–Kier alpha value is -1.11. The minimum atomic E-state index is -0.305. The minimum absolute atomic E-state index is 0.131. The lowest BCUT2D eigenvalue weighted by atomic mass is 9.86. The number of hydrogen-bond donors (Lipinski definition) is 1. The van der Waals surface area contributed by atoms with Gasteiger partial charge in [-0.1, -0.05) is 6.92 Å². The average molecular weight is 323 g/mol. The Kier molecular flexibility index (Phi) is 4.94. The van der Waals surface area contributed by atoms with Crippen molar-refractivity contribution in [1.29, 1.82) is 0 Å². The number of hydrogen-bond acceptors (Lipinski definition) is 5. The second kappa shape index (κ2) is 6.79. The van der Waals surface area contributed by atoms with Crippen LogP contribution in [0.25, 0.3) is 0 Å². The van der Waals surface area contributed by atoms with E-state index >= 15 is 0 Å². The third-order valence-corrected chi connectivity index (χ3v) is 5.11. The molecular formula is C17H29N3O3. The van der Waals surface area contributed by atoms with Crippen LogP contribution in [0.4, 0.5) is 0 Å². The van der Waals surface area contributed by atoms with Gasteiger partial charge in [-0.3, -0.25) is 0 Å². The van der Waals surface area contributed by atoms with Gasteiger partial charge in [0.1, 0.15) is 0 Å². The van der Waals surface area contributed by atoms with E-state index in [1.54, 1.807) is 11.8 Å². The summed E-state index contributed by atoms with van der Waals surface area (Å²) in [6.07, 6.45) is 4.59. The Bertz CT molecular complexity index is 535. The number of aromatic nitrogens is 2. The third-order valence-electron chi connectivity index (χ3n) is 5.11. The molecule has 6 nitrogen and oxygen atoms in total. The molecule has 1 aromatic rings. The zero-order valence-corrected chi connectivity index (χ0v) is 14.7. The number of ether oxygens (including phenoxy) is 3. The van der Waals surface area contributed by atoms with Crippen molar-refractivity contribution in [3.05, 3.63) is 11.3 Å². The third kappa shape index (κ3) is 3.54. The van der Waals surface area contributed by atoms with Gasteiger partial charge in [0.25, 0.3) is 0 Å². The van der Waals surface area contributed by atoms with Crippen molar-refractivity contribution >= 4 is 0 Å². The topological polar surface area (TPSA) is 57.5 Å². The maximum atomic E-state index is 6.23. The van der Waals surface area contributed by atoms with E-state index in [0.29, 0.717) is 6.61 Å². The van der Waals surface area contributed by atoms with E-state index in [9.17, 15) is 0 Å². The van der Waals surface area contributed by atoms with Crippen LogP contribution in [0.1, 0.15) is 43.9 Å². The second-order valence-corrected chi connectivity index (χ2v) is 6.97. The molecule has 2 aliphatic rings. The summed E-state index contributed by atoms with van der Waals surface area (Å²) >= 11 is 0. The van der Waals surface area contributed by atoms with Crippen LogP contribution >= 0.6 is 0 Å². The molecule has 1 spiro atoms. The minimum Gasteiger partial charge on any atom is -0.481 e. The maximum Gasteiger partial charge on any atom is 0.216 e. The molecule has 6 heteroatoms. The van der Waals surface area contributed by atoms with E-state index in [1.165, 1.54) is 12.8 Å². The number of rotatable bonds is 5. The van der Waals surface area contributed by atoms with Gasteiger partial charge >= 0.3 is 0 Å². The van der Waals surface area contributed by atoms with Crippen LogP contribution in [-0.4, -0.2) is 41.9 Å². The molecular weight excluding hydrogens is 294 g/mol. The van der Waals surface area contributed by atoms with Crippen LogP contribution in [0.2, 0.25) is 0 Å². The zero-order chi connectivity index (χ0) is 16.4. The number of nitrogens with zero attached hydrogens (tertiary/aromatic N) is 2. The highest BCUT2D eigenvalue weighted by Gasteiger charge is 2.43. The average Bonchev–Trinajstić information content (AvgIpc) is 3.04. The number of aryl methyl sites for hydroxylation is 2. The van der Waals surface area contributed by atoms with Crippen LogP contribution in [0, 0.1) is 12.8 Å². The fraction of sp³-hybridized carbons (Fsp3) is 0.824. The molecule has 0 unspecified atom stereocenters. The summed E-state index contributed by atoms with van der Waals surface area (Å²) in [5, 5.41) is 7.87. The molecule has 1 aromatic heterocycles. The highest BCUT2D eigenvalue weighted by molar-refractivity contribution is 5.30. The van der Waals surface area contributed by atoms with Gasteiger partial charge in [-0.2, -0.15) is 5.10 Å². The Balaban J connectivity index is 1.49. The van der Waals surface area contributed by atoms with Gasteiger partial charge in [0, 0.05) is 33.0 Å². The molecule has 0 radical (unpaired) electrons. The number of nitrogens with one attached hydrogen (secondary N) is 1. The largest absolute Gasteiger partial charge is 0.481 e. The molecule has 130 valence electrons. The van der Waals surface area contributed by atoms with E-state index < -0.39 is 0 Å². The summed E-state index contributed by atoms with van der Waals surface area (Å²) in [5.74, 6) is 1.31. The first-order chi connectivity index (χ1) is 11.0. The van der Waals surface area contributed by atoms with Crippen LogP contribution in [0.3, 0.4) is 0 Å². The summed E-state index contributed by atoms with van der Waals surface area (Å²) in [5.41, 5.74) is 2.10. The molecule has 1 saturated carbocycles. The van der Waals surface area contributed by atoms with Gasteiger partial charge in [-0.15, -0.1) is 0 Å². The van der Waals surface area contributed by atoms with Gasteiger partial charge in [0.2, 0.25) is 5.88 Å². The molecule has 2 heterocycles. The molecule has 1 atom stereocenters. The fourth-order valence-electron chi connectivity index (χ4n) is 3.68. The van der Waals surface area contributed by atoms with E-state index in [-0.39, 0.29) is 11.9 Å². The summed E-state index contributed by atoms with van der Waals surface area (Å²) in [6.45, 7) is 6.52. The molecule has 1 aliphatic heterocycles. The van der Waals surface area contributed by atoms with Crippen molar-refractivity contribution in [2.75, 3.05) is 20.3 Å². The van der Waals surface area contributed by atoms with E-state index in [2.05, 4.69) is 17.3 Å². The Labute approximate surface area is 138 Å². The predicted molar refractivity (Wildman–Crippen MR) is 87.4 cm³/mol. The standard InChI is InChI=1S/C17H29N3O3/c1-12-5-7-17(8-6-12)22-11-14(23-17)9-18-10-15-13(2)19-20(3)16(15)21-4/h12,14,18H,5-11H2,1-4H3/t12?,14-,17?/m1/s1. The molecule has 1 saturated heterocycles. The molecule has 1 aliphatic carbocycles. The first-order valence-corrected chi connectivity index (χ1v) is 8.62. The lowest BCUT2D eigenvalue weighted by molar-refractivity contribution is -0.191. The Morgan fingerprint density at radius 2 is 2.13 bits per heavy atom. The second-order valence-electron chi connectivity index (χ2n) is 6.97. The first-order valence-electron chi connectivity index (χ1n) is 8.62. The highest BCUT2D eigenvalue weighted by atomic mass is 16.7. The SMILES string of the molecule is COc1c(CNC[C@@H]2COC3(CCC(C)CC3)O2)c(C)nn1C. The predicted octanol–water partition coefficient (Wildman–Crippen LogP) is 2.15. The smallest absolute Gasteiger partial charge is 0.216 e. The van der Waals surface area contributed by atoms with Gasteiger partial charge in [0.05, 0.1) is 31.1 Å². The van der Waals surface area contributed by atoms with Crippen LogP contribution in [-0.2, 0) is 23.1 Å². The van der Waals surface area contributed by atoms with Crippen molar-refractivity contribution in [2.24, 2.45) is 13.0 Å². The normalized spacial score (nSPS) is 31.0. The molecule has 1 N–H and O–H groups in total. The lowest BCUT2D eigenvalue weighted by Crippen LogP contribution is -2.37. The molecule has 0 aromatic carbocycles. The monoisotopic (exact) mass is 323 g/mol. The lowest BCUT2D eigenvalue weighted by Gasteiger charge is -2.34. The quantitative estimate of drug-likeness (QED) is 0.900. The molecule has 2 fully saturated rings. The van der Waals surface area contributed by atoms with Gasteiger partial charge in [0.15, 0.2) is 5.79 Å². The van der Waals surface area contributed by atoms with Crippen LogP contribution in [0.15, 0.2) is 0 Å². The fourth-order valence-corrected chi connectivity index (χ4v) is 3.68. The summed E-state index contributed by atoms with van der Waals surface area (Å²) < 4.78 is 19.4.